The third-order valence-electron chi connectivity index (χ3n) is 2.96. The standard InChI is InChI=1S/C11H18N4O2/c1-15-7-9(12)10(14-15)11(16)13-6-8-2-4-17-5-3-8/h7-8H,2-6,12H2,1H3,(H,13,16). The van der Waals surface area contributed by atoms with E-state index in [1.54, 1.807) is 17.9 Å². The Kier molecular flexibility index (Phi) is 3.63. The molecule has 1 aliphatic rings. The number of nitrogens with one attached hydrogen (secondary N) is 1. The van der Waals surface area contributed by atoms with Crippen LogP contribution in [-0.4, -0.2) is 35.4 Å². The van der Waals surface area contributed by atoms with Crippen molar-refractivity contribution in [2.24, 2.45) is 13.0 Å². The summed E-state index contributed by atoms with van der Waals surface area (Å²) in [5.41, 5.74) is 6.41. The highest BCUT2D eigenvalue weighted by atomic mass is 16.5. The second kappa shape index (κ2) is 5.18. The molecule has 0 radical (unpaired) electrons. The van der Waals surface area contributed by atoms with Gasteiger partial charge < -0.3 is 15.8 Å². The van der Waals surface area contributed by atoms with Gasteiger partial charge in [0.15, 0.2) is 5.69 Å². The number of anilines is 1. The molecule has 0 atom stereocenters. The number of nitrogens with two attached hydrogens (primary N) is 1. The van der Waals surface area contributed by atoms with Gasteiger partial charge in [0.2, 0.25) is 0 Å². The van der Waals surface area contributed by atoms with Crippen molar-refractivity contribution in [3.05, 3.63) is 11.9 Å². The molecule has 1 amide bonds. The summed E-state index contributed by atoms with van der Waals surface area (Å²) < 4.78 is 6.81. The van der Waals surface area contributed by atoms with Crippen molar-refractivity contribution in [3.63, 3.8) is 0 Å². The molecule has 0 unspecified atom stereocenters. The molecule has 0 spiro atoms. The molecule has 2 heterocycles. The summed E-state index contributed by atoms with van der Waals surface area (Å²) in [7, 11) is 1.74. The second-order valence-corrected chi connectivity index (χ2v) is 4.37. The Labute approximate surface area is 100 Å². The quantitative estimate of drug-likeness (QED) is 0.785. The van der Waals surface area contributed by atoms with E-state index >= 15 is 0 Å². The number of amides is 1. The fourth-order valence-corrected chi connectivity index (χ4v) is 1.95. The van der Waals surface area contributed by atoms with Crippen LogP contribution in [-0.2, 0) is 11.8 Å². The van der Waals surface area contributed by atoms with Gasteiger partial charge in [0.25, 0.3) is 5.91 Å². The fraction of sp³-hybridized carbons (Fsp3) is 0.636. The number of aryl methyl sites for hydroxylation is 1. The van der Waals surface area contributed by atoms with Gasteiger partial charge in [-0.15, -0.1) is 0 Å². The van der Waals surface area contributed by atoms with Crippen molar-refractivity contribution >= 4 is 11.6 Å². The first-order chi connectivity index (χ1) is 8.16. The molecule has 0 saturated carbocycles. The molecule has 0 aromatic carbocycles. The first-order valence-electron chi connectivity index (χ1n) is 5.82. The summed E-state index contributed by atoms with van der Waals surface area (Å²) in [5.74, 6) is 0.298. The van der Waals surface area contributed by atoms with Crippen LogP contribution in [0.1, 0.15) is 23.3 Å². The summed E-state index contributed by atoms with van der Waals surface area (Å²) in [6.45, 7) is 2.23. The van der Waals surface area contributed by atoms with Gasteiger partial charge in [0.1, 0.15) is 0 Å². The average Bonchev–Trinajstić information content (AvgIpc) is 2.67. The van der Waals surface area contributed by atoms with Crippen molar-refractivity contribution < 1.29 is 9.53 Å². The molecule has 2 rings (SSSR count). The van der Waals surface area contributed by atoms with Crippen molar-refractivity contribution in [3.8, 4) is 0 Å². The summed E-state index contributed by atoms with van der Waals surface area (Å²) in [6.07, 6.45) is 3.62. The Morgan fingerprint density at radius 1 is 1.65 bits per heavy atom. The Morgan fingerprint density at radius 3 is 2.94 bits per heavy atom. The van der Waals surface area contributed by atoms with E-state index in [0.717, 1.165) is 26.1 Å². The zero-order valence-electron chi connectivity index (χ0n) is 9.98. The minimum absolute atomic E-state index is 0.199. The molecule has 1 aromatic heterocycles. The Morgan fingerprint density at radius 2 is 2.35 bits per heavy atom. The SMILES string of the molecule is Cn1cc(N)c(C(=O)NCC2CCOCC2)n1. The second-order valence-electron chi connectivity index (χ2n) is 4.37. The molecular weight excluding hydrogens is 220 g/mol. The Balaban J connectivity index is 1.86. The van der Waals surface area contributed by atoms with Gasteiger partial charge in [-0.25, -0.2) is 0 Å². The molecule has 6 heteroatoms. The summed E-state index contributed by atoms with van der Waals surface area (Å²) in [4.78, 5) is 11.8. The van der Waals surface area contributed by atoms with E-state index in [1.807, 2.05) is 0 Å². The van der Waals surface area contributed by atoms with E-state index in [0.29, 0.717) is 23.8 Å². The van der Waals surface area contributed by atoms with E-state index < -0.39 is 0 Å². The van der Waals surface area contributed by atoms with Gasteiger partial charge in [-0.1, -0.05) is 0 Å². The highest BCUT2D eigenvalue weighted by Gasteiger charge is 2.17. The predicted molar refractivity (Wildman–Crippen MR) is 63.5 cm³/mol. The first kappa shape index (κ1) is 11.9. The van der Waals surface area contributed by atoms with E-state index in [1.165, 1.54) is 0 Å². The molecule has 0 bridgehead atoms. The number of nitrogen functional groups attached to an aromatic ring is 1. The van der Waals surface area contributed by atoms with Gasteiger partial charge in [-0.2, -0.15) is 5.10 Å². The van der Waals surface area contributed by atoms with E-state index in [-0.39, 0.29) is 5.91 Å². The van der Waals surface area contributed by atoms with E-state index in [9.17, 15) is 4.79 Å². The lowest BCUT2D eigenvalue weighted by molar-refractivity contribution is 0.0642. The number of carbonyl (C=O) groups is 1. The number of carbonyl (C=O) groups excluding carboxylic acids is 1. The van der Waals surface area contributed by atoms with Crippen LogP contribution in [0.4, 0.5) is 5.69 Å². The Bertz CT molecular complexity index is 396. The molecule has 94 valence electrons. The van der Waals surface area contributed by atoms with E-state index in [4.69, 9.17) is 10.5 Å². The van der Waals surface area contributed by atoms with Gasteiger partial charge in [-0.05, 0) is 18.8 Å². The molecule has 1 saturated heterocycles. The monoisotopic (exact) mass is 238 g/mol. The third kappa shape index (κ3) is 2.97. The van der Waals surface area contributed by atoms with E-state index in [2.05, 4.69) is 10.4 Å². The molecule has 3 N–H and O–H groups in total. The lowest BCUT2D eigenvalue weighted by Crippen LogP contribution is -2.32. The molecule has 1 aromatic rings. The van der Waals surface area contributed by atoms with Crippen LogP contribution in [0.15, 0.2) is 6.20 Å². The van der Waals surface area contributed by atoms with Crippen LogP contribution in [0, 0.1) is 5.92 Å². The molecule has 0 aliphatic carbocycles. The van der Waals surface area contributed by atoms with Gasteiger partial charge in [-0.3, -0.25) is 9.48 Å². The van der Waals surface area contributed by atoms with Gasteiger partial charge >= 0.3 is 0 Å². The van der Waals surface area contributed by atoms with Crippen LogP contribution < -0.4 is 11.1 Å². The first-order valence-corrected chi connectivity index (χ1v) is 5.82. The fourth-order valence-electron chi connectivity index (χ4n) is 1.95. The highest BCUT2D eigenvalue weighted by Crippen LogP contribution is 2.14. The number of aromatic nitrogens is 2. The molecule has 17 heavy (non-hydrogen) atoms. The number of ether oxygens (including phenoxy) is 1. The predicted octanol–water partition coefficient (Wildman–Crippen LogP) is 0.159. The number of nitrogens with zero attached hydrogens (tertiary/aromatic N) is 2. The molecule has 1 fully saturated rings. The van der Waals surface area contributed by atoms with Crippen LogP contribution in [0.5, 0.6) is 0 Å². The van der Waals surface area contributed by atoms with Crippen LogP contribution in [0.2, 0.25) is 0 Å². The zero-order valence-corrected chi connectivity index (χ0v) is 9.98. The van der Waals surface area contributed by atoms with Crippen LogP contribution in [0.3, 0.4) is 0 Å². The molecular formula is C11H18N4O2. The number of hydrogen-bond acceptors (Lipinski definition) is 4. The maximum atomic E-state index is 11.8. The topological polar surface area (TPSA) is 82.2 Å². The largest absolute Gasteiger partial charge is 0.396 e. The lowest BCUT2D eigenvalue weighted by atomic mass is 10.0. The zero-order chi connectivity index (χ0) is 12.3. The van der Waals surface area contributed by atoms with Crippen LogP contribution >= 0.6 is 0 Å². The van der Waals surface area contributed by atoms with Crippen molar-refractivity contribution in [2.45, 2.75) is 12.8 Å². The van der Waals surface area contributed by atoms with Crippen molar-refractivity contribution in [1.82, 2.24) is 15.1 Å². The number of hydrogen-bond donors (Lipinski definition) is 2. The van der Waals surface area contributed by atoms with Gasteiger partial charge in [0.05, 0.1) is 5.69 Å². The summed E-state index contributed by atoms with van der Waals surface area (Å²) in [5, 5.41) is 6.90. The Hall–Kier alpha value is -1.56. The highest BCUT2D eigenvalue weighted by molar-refractivity contribution is 5.96. The summed E-state index contributed by atoms with van der Waals surface area (Å²) >= 11 is 0. The molecule has 1 aliphatic heterocycles. The smallest absolute Gasteiger partial charge is 0.273 e. The number of rotatable bonds is 3. The summed E-state index contributed by atoms with van der Waals surface area (Å²) in [6, 6.07) is 0. The lowest BCUT2D eigenvalue weighted by Gasteiger charge is -2.21. The van der Waals surface area contributed by atoms with Crippen LogP contribution in [0.25, 0.3) is 0 Å². The minimum atomic E-state index is -0.199. The van der Waals surface area contributed by atoms with Gasteiger partial charge in [0, 0.05) is 33.0 Å². The van der Waals surface area contributed by atoms with Crippen molar-refractivity contribution in [1.29, 1.82) is 0 Å². The van der Waals surface area contributed by atoms with Crippen molar-refractivity contribution in [2.75, 3.05) is 25.5 Å². The average molecular weight is 238 g/mol. The third-order valence-corrected chi connectivity index (χ3v) is 2.96. The minimum Gasteiger partial charge on any atom is -0.396 e. The molecule has 6 nitrogen and oxygen atoms in total. The maximum absolute atomic E-state index is 11.8. The maximum Gasteiger partial charge on any atom is 0.273 e. The normalized spacial score (nSPS) is 17.0.